The van der Waals surface area contributed by atoms with Crippen LogP contribution in [0.3, 0.4) is 0 Å². The van der Waals surface area contributed by atoms with E-state index in [1.807, 2.05) is 23.5 Å². The third kappa shape index (κ3) is 6.18. The summed E-state index contributed by atoms with van der Waals surface area (Å²) in [5.41, 5.74) is 13.3. The molecule has 0 N–H and O–H groups in total. The summed E-state index contributed by atoms with van der Waals surface area (Å²) in [6.45, 7) is 0. The molecule has 0 saturated heterocycles. The van der Waals surface area contributed by atoms with Crippen LogP contribution in [0.1, 0.15) is 0 Å². The molecular formula is C57H36N4S. The van der Waals surface area contributed by atoms with E-state index in [4.69, 9.17) is 15.0 Å². The molecule has 0 atom stereocenters. The fraction of sp³-hybridized carbons (Fsp3) is 0. The van der Waals surface area contributed by atoms with Crippen molar-refractivity contribution in [3.63, 3.8) is 0 Å². The summed E-state index contributed by atoms with van der Waals surface area (Å²) in [6.07, 6.45) is 0. The summed E-state index contributed by atoms with van der Waals surface area (Å²) in [5.74, 6) is 1.91. The molecule has 0 amide bonds. The Kier molecular flexibility index (Phi) is 8.65. The molecule has 0 unspecified atom stereocenters. The van der Waals surface area contributed by atoms with Crippen LogP contribution >= 0.6 is 11.3 Å². The molecule has 0 fully saturated rings. The quantitative estimate of drug-likeness (QED) is 0.161. The molecule has 0 radical (unpaired) electrons. The van der Waals surface area contributed by atoms with E-state index in [9.17, 15) is 0 Å². The van der Waals surface area contributed by atoms with E-state index in [0.29, 0.717) is 17.5 Å². The molecule has 9 aromatic carbocycles. The van der Waals surface area contributed by atoms with Crippen LogP contribution in [0.2, 0.25) is 0 Å². The Hall–Kier alpha value is -7.99. The van der Waals surface area contributed by atoms with Gasteiger partial charge in [-0.3, -0.25) is 0 Å². The maximum Gasteiger partial charge on any atom is 0.164 e. The number of nitrogens with zero attached hydrogens (tertiary/aromatic N) is 4. The standard InChI is InChI=1S/C57H36N4S/c1-3-15-37(16-4-1)39-29-31-40(32-30-39)55-58-56(42-20-13-19-41(35-42)38-17-5-2-6-18-38)60-57(59-55)43-33-34-48-53(36-43)62-52-28-14-24-47(54(48)52)46-23-9-12-27-51(46)61-49-25-10-7-21-44(49)45-22-8-11-26-50(45)61/h1-36H. The molecule has 3 heterocycles. The Morgan fingerprint density at radius 3 is 1.50 bits per heavy atom. The van der Waals surface area contributed by atoms with Crippen molar-refractivity contribution in [2.24, 2.45) is 0 Å². The van der Waals surface area contributed by atoms with Crippen LogP contribution in [0.5, 0.6) is 0 Å². The first kappa shape index (κ1) is 35.9. The highest BCUT2D eigenvalue weighted by Gasteiger charge is 2.20. The lowest BCUT2D eigenvalue weighted by Gasteiger charge is -2.15. The van der Waals surface area contributed by atoms with Gasteiger partial charge in [0.15, 0.2) is 17.5 Å². The van der Waals surface area contributed by atoms with Crippen molar-refractivity contribution in [1.82, 2.24) is 19.5 Å². The molecule has 0 aliphatic carbocycles. The normalized spacial score (nSPS) is 11.5. The molecule has 0 aliphatic rings. The second kappa shape index (κ2) is 14.9. The number of thiophene rings is 1. The minimum atomic E-state index is 0.634. The van der Waals surface area contributed by atoms with Crippen molar-refractivity contribution in [2.45, 2.75) is 0 Å². The minimum absolute atomic E-state index is 0.634. The molecule has 12 rings (SSSR count). The summed E-state index contributed by atoms with van der Waals surface area (Å²) < 4.78 is 4.84. The third-order valence-electron chi connectivity index (χ3n) is 11.9. The van der Waals surface area contributed by atoms with Gasteiger partial charge in [-0.25, -0.2) is 15.0 Å². The zero-order valence-electron chi connectivity index (χ0n) is 33.5. The zero-order chi connectivity index (χ0) is 41.0. The minimum Gasteiger partial charge on any atom is -0.309 e. The van der Waals surface area contributed by atoms with Crippen LogP contribution in [0.15, 0.2) is 218 Å². The number of fused-ring (bicyclic) bond motifs is 6. The summed E-state index contributed by atoms with van der Waals surface area (Å²) in [7, 11) is 0. The van der Waals surface area contributed by atoms with Crippen LogP contribution in [-0.4, -0.2) is 19.5 Å². The molecule has 0 saturated carbocycles. The van der Waals surface area contributed by atoms with E-state index in [0.717, 1.165) is 39.1 Å². The summed E-state index contributed by atoms with van der Waals surface area (Å²) in [6, 6.07) is 77.5. The Labute approximate surface area is 362 Å². The highest BCUT2D eigenvalue weighted by molar-refractivity contribution is 7.26. The molecule has 4 nitrogen and oxygen atoms in total. The van der Waals surface area contributed by atoms with E-state index in [-0.39, 0.29) is 0 Å². The number of rotatable bonds is 7. The molecule has 5 heteroatoms. The largest absolute Gasteiger partial charge is 0.309 e. The molecule has 3 aromatic heterocycles. The Morgan fingerprint density at radius 1 is 0.306 bits per heavy atom. The fourth-order valence-corrected chi connectivity index (χ4v) is 10.1. The Balaban J connectivity index is 1.00. The monoisotopic (exact) mass is 808 g/mol. The van der Waals surface area contributed by atoms with Crippen molar-refractivity contribution in [1.29, 1.82) is 0 Å². The summed E-state index contributed by atoms with van der Waals surface area (Å²) >= 11 is 1.81. The zero-order valence-corrected chi connectivity index (χ0v) is 34.3. The van der Waals surface area contributed by atoms with Crippen LogP contribution in [-0.2, 0) is 0 Å². The second-order valence-electron chi connectivity index (χ2n) is 15.6. The Bertz CT molecular complexity index is 3570. The van der Waals surface area contributed by atoms with Gasteiger partial charge in [0, 0.05) is 53.2 Å². The number of hydrogen-bond donors (Lipinski definition) is 0. The SMILES string of the molecule is c1ccc(-c2ccc(-c3nc(-c4cccc(-c5ccccc5)c4)nc(-c4ccc5c(c4)sc4cccc(-c6ccccc6-n6c7ccccc7c7ccccc76)c45)n3)cc2)cc1. The average molecular weight is 809 g/mol. The van der Waals surface area contributed by atoms with Crippen molar-refractivity contribution in [2.75, 3.05) is 0 Å². The van der Waals surface area contributed by atoms with E-state index < -0.39 is 0 Å². The van der Waals surface area contributed by atoms with E-state index >= 15 is 0 Å². The second-order valence-corrected chi connectivity index (χ2v) is 16.7. The van der Waals surface area contributed by atoms with Gasteiger partial charge >= 0.3 is 0 Å². The predicted molar refractivity (Wildman–Crippen MR) is 260 cm³/mol. The lowest BCUT2D eigenvalue weighted by atomic mass is 9.97. The average Bonchev–Trinajstić information content (AvgIpc) is 3.90. The first-order chi connectivity index (χ1) is 30.7. The topological polar surface area (TPSA) is 43.6 Å². The number of para-hydroxylation sites is 3. The summed E-state index contributed by atoms with van der Waals surface area (Å²) in [4.78, 5) is 15.5. The van der Waals surface area contributed by atoms with E-state index in [2.05, 4.69) is 211 Å². The van der Waals surface area contributed by atoms with Crippen molar-refractivity contribution in [3.8, 4) is 73.2 Å². The summed E-state index contributed by atoms with van der Waals surface area (Å²) in [5, 5.41) is 4.97. The van der Waals surface area contributed by atoms with Gasteiger partial charge in [-0.15, -0.1) is 11.3 Å². The van der Waals surface area contributed by atoms with Crippen LogP contribution in [0, 0.1) is 0 Å². The molecule has 12 aromatic rings. The van der Waals surface area contributed by atoms with E-state index in [1.165, 1.54) is 58.7 Å². The first-order valence-electron chi connectivity index (χ1n) is 20.8. The maximum atomic E-state index is 5.19. The lowest BCUT2D eigenvalue weighted by molar-refractivity contribution is 1.07. The molecule has 62 heavy (non-hydrogen) atoms. The molecule has 0 aliphatic heterocycles. The molecule has 290 valence electrons. The van der Waals surface area contributed by atoms with Gasteiger partial charge < -0.3 is 4.57 Å². The smallest absolute Gasteiger partial charge is 0.164 e. The predicted octanol–water partition coefficient (Wildman–Crippen LogP) is 15.3. The third-order valence-corrected chi connectivity index (χ3v) is 13.0. The van der Waals surface area contributed by atoms with Gasteiger partial charge in [-0.2, -0.15) is 0 Å². The molecule has 0 bridgehead atoms. The van der Waals surface area contributed by atoms with Crippen molar-refractivity contribution < 1.29 is 0 Å². The van der Waals surface area contributed by atoms with Crippen LogP contribution < -0.4 is 0 Å². The van der Waals surface area contributed by atoms with Gasteiger partial charge in [0.1, 0.15) is 0 Å². The van der Waals surface area contributed by atoms with Gasteiger partial charge in [-0.1, -0.05) is 182 Å². The van der Waals surface area contributed by atoms with Gasteiger partial charge in [0.25, 0.3) is 0 Å². The fourth-order valence-electron chi connectivity index (χ4n) is 8.94. The van der Waals surface area contributed by atoms with Gasteiger partial charge in [0.05, 0.1) is 16.7 Å². The highest BCUT2D eigenvalue weighted by Crippen LogP contribution is 2.44. The maximum absolute atomic E-state index is 5.19. The van der Waals surface area contributed by atoms with Crippen LogP contribution in [0.25, 0.3) is 115 Å². The highest BCUT2D eigenvalue weighted by atomic mass is 32.1. The number of aromatic nitrogens is 4. The molecular weight excluding hydrogens is 773 g/mol. The molecule has 0 spiro atoms. The first-order valence-corrected chi connectivity index (χ1v) is 21.7. The number of hydrogen-bond acceptors (Lipinski definition) is 4. The van der Waals surface area contributed by atoms with Crippen molar-refractivity contribution in [3.05, 3.63) is 218 Å². The van der Waals surface area contributed by atoms with Crippen LogP contribution in [0.4, 0.5) is 0 Å². The van der Waals surface area contributed by atoms with Gasteiger partial charge in [-0.05, 0) is 64.2 Å². The lowest BCUT2D eigenvalue weighted by Crippen LogP contribution is -2.00. The van der Waals surface area contributed by atoms with Gasteiger partial charge in [0.2, 0.25) is 0 Å². The number of benzene rings is 9. The van der Waals surface area contributed by atoms with E-state index in [1.54, 1.807) is 0 Å². The van der Waals surface area contributed by atoms with Crippen molar-refractivity contribution >= 4 is 53.3 Å². The Morgan fingerprint density at radius 2 is 0.790 bits per heavy atom.